The maximum absolute atomic E-state index is 11.4. The third-order valence-electron chi connectivity index (χ3n) is 2.55. The molecule has 19 heavy (non-hydrogen) atoms. The summed E-state index contributed by atoms with van der Waals surface area (Å²) in [6, 6.07) is 9.23. The molecule has 1 aromatic carbocycles. The molecule has 0 atom stereocenters. The number of ether oxygens (including phenoxy) is 1. The smallest absolute Gasteiger partial charge is 0.268 e. The van der Waals surface area contributed by atoms with Crippen LogP contribution >= 0.6 is 11.8 Å². The van der Waals surface area contributed by atoms with E-state index in [1.54, 1.807) is 17.8 Å². The number of hydrogen-bond acceptors (Lipinski definition) is 5. The Kier molecular flexibility index (Phi) is 4.48. The maximum atomic E-state index is 11.4. The summed E-state index contributed by atoms with van der Waals surface area (Å²) in [5, 5.41) is 0. The zero-order chi connectivity index (χ0) is 13.7. The predicted octanol–water partition coefficient (Wildman–Crippen LogP) is 2.18. The zero-order valence-corrected chi connectivity index (χ0v) is 11.2. The Morgan fingerprint density at radius 3 is 2.74 bits per heavy atom. The minimum atomic E-state index is -0.398. The van der Waals surface area contributed by atoms with Crippen molar-refractivity contribution < 1.29 is 13.9 Å². The molecule has 5 nitrogen and oxygen atoms in total. The second-order valence-corrected chi connectivity index (χ2v) is 4.57. The summed E-state index contributed by atoms with van der Waals surface area (Å²) >= 11 is 1.66. The number of amides is 1. The average Bonchev–Trinajstić information content (AvgIpc) is 2.93. The topological polar surface area (TPSA) is 77.5 Å². The second kappa shape index (κ2) is 6.31. The van der Waals surface area contributed by atoms with Crippen molar-refractivity contribution in [1.82, 2.24) is 5.43 Å². The molecule has 2 aromatic rings. The van der Waals surface area contributed by atoms with Crippen LogP contribution in [0, 0.1) is 0 Å². The first-order valence-corrected chi connectivity index (χ1v) is 6.81. The van der Waals surface area contributed by atoms with E-state index in [4.69, 9.17) is 15.0 Å². The first-order chi connectivity index (χ1) is 9.24. The van der Waals surface area contributed by atoms with E-state index in [1.165, 1.54) is 6.26 Å². The number of nitrogen functional groups attached to an aromatic ring is 1. The third kappa shape index (κ3) is 3.30. The van der Waals surface area contributed by atoms with Gasteiger partial charge < -0.3 is 9.15 Å². The van der Waals surface area contributed by atoms with Gasteiger partial charge in [0.25, 0.3) is 5.91 Å². The highest BCUT2D eigenvalue weighted by Crippen LogP contribution is 2.20. The Hall–Kier alpha value is -1.92. The van der Waals surface area contributed by atoms with Crippen LogP contribution in [0.25, 0.3) is 0 Å². The van der Waals surface area contributed by atoms with Gasteiger partial charge in [-0.1, -0.05) is 0 Å². The van der Waals surface area contributed by atoms with Crippen molar-refractivity contribution >= 4 is 17.7 Å². The van der Waals surface area contributed by atoms with Gasteiger partial charge in [-0.15, -0.1) is 11.8 Å². The Morgan fingerprint density at radius 2 is 2.11 bits per heavy atom. The number of carbonyl (C=O) groups is 1. The Bertz CT molecular complexity index is 551. The molecule has 1 amide bonds. The van der Waals surface area contributed by atoms with Crippen molar-refractivity contribution in [3.63, 3.8) is 0 Å². The second-order valence-electron chi connectivity index (χ2n) is 3.70. The van der Waals surface area contributed by atoms with Crippen molar-refractivity contribution in [2.24, 2.45) is 5.84 Å². The van der Waals surface area contributed by atoms with Crippen LogP contribution in [0.4, 0.5) is 0 Å². The lowest BCUT2D eigenvalue weighted by atomic mass is 10.2. The summed E-state index contributed by atoms with van der Waals surface area (Å²) in [6.45, 7) is 0.175. The van der Waals surface area contributed by atoms with Crippen LogP contribution in [0.5, 0.6) is 5.75 Å². The Balaban J connectivity index is 2.02. The quantitative estimate of drug-likeness (QED) is 0.379. The summed E-state index contributed by atoms with van der Waals surface area (Å²) in [6.07, 6.45) is 3.44. The molecule has 0 saturated carbocycles. The van der Waals surface area contributed by atoms with E-state index in [2.05, 4.69) is 5.43 Å². The van der Waals surface area contributed by atoms with Gasteiger partial charge in [-0.2, -0.15) is 0 Å². The fraction of sp³-hybridized carbons (Fsp3) is 0.154. The lowest BCUT2D eigenvalue weighted by molar-refractivity contribution is 0.0949. The van der Waals surface area contributed by atoms with Crippen molar-refractivity contribution in [2.45, 2.75) is 11.5 Å². The van der Waals surface area contributed by atoms with Crippen LogP contribution < -0.4 is 16.0 Å². The molecule has 0 fully saturated rings. The minimum Gasteiger partial charge on any atom is -0.486 e. The average molecular weight is 278 g/mol. The van der Waals surface area contributed by atoms with Gasteiger partial charge >= 0.3 is 0 Å². The molecule has 1 heterocycles. The molecule has 0 aliphatic carbocycles. The summed E-state index contributed by atoms with van der Waals surface area (Å²) in [5.41, 5.74) is 2.44. The summed E-state index contributed by atoms with van der Waals surface area (Å²) in [4.78, 5) is 12.6. The molecule has 100 valence electrons. The van der Waals surface area contributed by atoms with Crippen molar-refractivity contribution in [1.29, 1.82) is 0 Å². The number of thioether (sulfide) groups is 1. The van der Waals surface area contributed by atoms with Gasteiger partial charge in [0, 0.05) is 4.90 Å². The molecular weight excluding hydrogens is 264 g/mol. The molecule has 0 unspecified atom stereocenters. The van der Waals surface area contributed by atoms with Crippen LogP contribution in [0.2, 0.25) is 0 Å². The number of hydrogen-bond donors (Lipinski definition) is 2. The van der Waals surface area contributed by atoms with Crippen LogP contribution in [-0.2, 0) is 6.61 Å². The minimum absolute atomic E-state index is 0.175. The molecule has 0 spiro atoms. The Morgan fingerprint density at radius 1 is 1.37 bits per heavy atom. The summed E-state index contributed by atoms with van der Waals surface area (Å²) < 4.78 is 10.8. The number of nitrogens with two attached hydrogens (primary N) is 1. The third-order valence-corrected chi connectivity index (χ3v) is 3.29. The largest absolute Gasteiger partial charge is 0.486 e. The van der Waals surface area contributed by atoms with E-state index in [0.717, 1.165) is 4.90 Å². The summed E-state index contributed by atoms with van der Waals surface area (Å²) in [7, 11) is 0. The van der Waals surface area contributed by atoms with Gasteiger partial charge in [0.2, 0.25) is 0 Å². The van der Waals surface area contributed by atoms with Gasteiger partial charge in [-0.05, 0) is 36.6 Å². The van der Waals surface area contributed by atoms with E-state index in [1.807, 2.05) is 30.5 Å². The molecular formula is C13H14N2O3S. The number of furan rings is 1. The lowest BCUT2D eigenvalue weighted by Gasteiger charge is -2.06. The van der Waals surface area contributed by atoms with E-state index in [9.17, 15) is 4.79 Å². The number of benzene rings is 1. The lowest BCUT2D eigenvalue weighted by Crippen LogP contribution is -2.30. The fourth-order valence-electron chi connectivity index (χ4n) is 1.55. The maximum Gasteiger partial charge on any atom is 0.268 e. The van der Waals surface area contributed by atoms with Crippen LogP contribution in [0.1, 0.15) is 16.1 Å². The molecule has 0 bridgehead atoms. The van der Waals surface area contributed by atoms with E-state index < -0.39 is 5.91 Å². The molecule has 0 aliphatic heterocycles. The standard InChI is InChI=1S/C13H14N2O3S/c1-19-10-4-2-9(3-5-10)18-8-12-11(6-7-17-12)13(16)15-14/h2-7H,8,14H2,1H3,(H,15,16). The fourth-order valence-corrected chi connectivity index (χ4v) is 1.96. The van der Waals surface area contributed by atoms with Crippen molar-refractivity contribution in [3.05, 3.63) is 47.9 Å². The Labute approximate surface area is 115 Å². The number of hydrazine groups is 1. The van der Waals surface area contributed by atoms with Gasteiger partial charge in [0.05, 0.1) is 11.8 Å². The monoisotopic (exact) mass is 278 g/mol. The van der Waals surface area contributed by atoms with Crippen molar-refractivity contribution in [3.8, 4) is 5.75 Å². The van der Waals surface area contributed by atoms with E-state index >= 15 is 0 Å². The number of nitrogens with one attached hydrogen (secondary N) is 1. The SMILES string of the molecule is CSc1ccc(OCc2occc2C(=O)NN)cc1. The molecule has 0 radical (unpaired) electrons. The van der Waals surface area contributed by atoms with Crippen molar-refractivity contribution in [2.75, 3.05) is 6.26 Å². The van der Waals surface area contributed by atoms with Gasteiger partial charge in [0.1, 0.15) is 12.4 Å². The zero-order valence-electron chi connectivity index (χ0n) is 10.4. The highest BCUT2D eigenvalue weighted by atomic mass is 32.2. The van der Waals surface area contributed by atoms with Crippen LogP contribution in [0.15, 0.2) is 45.9 Å². The van der Waals surface area contributed by atoms with Crippen LogP contribution in [-0.4, -0.2) is 12.2 Å². The first-order valence-electron chi connectivity index (χ1n) is 5.58. The normalized spacial score (nSPS) is 10.2. The number of carbonyl (C=O) groups excluding carboxylic acids is 1. The van der Waals surface area contributed by atoms with Gasteiger partial charge in [-0.25, -0.2) is 5.84 Å². The summed E-state index contributed by atoms with van der Waals surface area (Å²) in [5.74, 6) is 5.85. The van der Waals surface area contributed by atoms with Gasteiger partial charge in [-0.3, -0.25) is 10.2 Å². The predicted molar refractivity (Wildman–Crippen MR) is 72.9 cm³/mol. The van der Waals surface area contributed by atoms with E-state index in [0.29, 0.717) is 17.1 Å². The van der Waals surface area contributed by atoms with E-state index in [-0.39, 0.29) is 6.61 Å². The number of rotatable bonds is 5. The molecule has 2 rings (SSSR count). The highest BCUT2D eigenvalue weighted by molar-refractivity contribution is 7.98. The molecule has 1 aromatic heterocycles. The molecule has 0 aliphatic rings. The highest BCUT2D eigenvalue weighted by Gasteiger charge is 2.13. The molecule has 3 N–H and O–H groups in total. The molecule has 6 heteroatoms. The van der Waals surface area contributed by atoms with Crippen LogP contribution in [0.3, 0.4) is 0 Å². The van der Waals surface area contributed by atoms with Gasteiger partial charge in [0.15, 0.2) is 5.76 Å². The first kappa shape index (κ1) is 13.5. The molecule has 0 saturated heterocycles.